The Morgan fingerprint density at radius 1 is 1.08 bits per heavy atom. The molecule has 1 saturated heterocycles. The fraction of sp³-hybridized carbons (Fsp3) is 0.476. The van der Waals surface area contributed by atoms with Crippen LogP contribution in [0.15, 0.2) is 47.8 Å². The van der Waals surface area contributed by atoms with E-state index >= 15 is 0 Å². The fourth-order valence-electron chi connectivity index (χ4n) is 3.41. The Morgan fingerprint density at radius 3 is 2.62 bits per heavy atom. The van der Waals surface area contributed by atoms with Gasteiger partial charge in [-0.1, -0.05) is 36.4 Å². The topological polar surface area (TPSA) is 44.4 Å². The molecule has 2 heterocycles. The van der Waals surface area contributed by atoms with E-state index in [1.54, 1.807) is 0 Å². The highest BCUT2D eigenvalue weighted by atomic mass is 32.1. The molecular weight excluding hydrogens is 342 g/mol. The van der Waals surface area contributed by atoms with Crippen LogP contribution in [0.3, 0.4) is 0 Å². The normalized spacial score (nSPS) is 15.7. The average molecular weight is 372 g/mol. The van der Waals surface area contributed by atoms with Gasteiger partial charge in [0.25, 0.3) is 0 Å². The van der Waals surface area contributed by atoms with E-state index < -0.39 is 0 Å². The van der Waals surface area contributed by atoms with Crippen LogP contribution in [-0.2, 0) is 13.0 Å². The van der Waals surface area contributed by atoms with Gasteiger partial charge < -0.3 is 10.6 Å². The van der Waals surface area contributed by atoms with Crippen LogP contribution in [0.5, 0.6) is 0 Å². The van der Waals surface area contributed by atoms with Crippen LogP contribution in [0.25, 0.3) is 0 Å². The number of likely N-dealkylation sites (tertiary alicyclic amines) is 1. The van der Waals surface area contributed by atoms with Gasteiger partial charge in [-0.2, -0.15) is 0 Å². The monoisotopic (exact) mass is 371 g/mol. The number of carbonyl (C=O) groups is 1. The molecule has 0 saturated carbocycles. The third-order valence-electron chi connectivity index (χ3n) is 4.99. The lowest BCUT2D eigenvalue weighted by molar-refractivity contribution is 0.176. The van der Waals surface area contributed by atoms with Crippen LogP contribution in [0.4, 0.5) is 4.79 Å². The van der Waals surface area contributed by atoms with Crippen molar-refractivity contribution >= 4 is 17.4 Å². The van der Waals surface area contributed by atoms with Crippen molar-refractivity contribution in [2.24, 2.45) is 5.92 Å². The molecule has 1 aromatic carbocycles. The molecule has 0 radical (unpaired) electrons. The molecule has 1 aliphatic rings. The predicted octanol–water partition coefficient (Wildman–Crippen LogP) is 3.89. The third kappa shape index (κ3) is 6.46. The molecule has 0 spiro atoms. The van der Waals surface area contributed by atoms with E-state index in [1.165, 1.54) is 23.3 Å². The van der Waals surface area contributed by atoms with Gasteiger partial charge in [0.05, 0.1) is 0 Å². The molecule has 1 fully saturated rings. The zero-order valence-corrected chi connectivity index (χ0v) is 16.1. The van der Waals surface area contributed by atoms with Crippen LogP contribution in [0, 0.1) is 5.92 Å². The van der Waals surface area contributed by atoms with Crippen LogP contribution < -0.4 is 10.6 Å². The minimum absolute atomic E-state index is 0.0286. The third-order valence-corrected chi connectivity index (χ3v) is 5.85. The molecule has 3 rings (SSSR count). The number of nitrogens with zero attached hydrogens (tertiary/aromatic N) is 1. The minimum atomic E-state index is -0.0286. The molecule has 0 atom stereocenters. The molecule has 2 aromatic rings. The summed E-state index contributed by atoms with van der Waals surface area (Å²) in [6, 6.07) is 14.7. The number of rotatable bonds is 8. The van der Waals surface area contributed by atoms with Crippen molar-refractivity contribution in [2.45, 2.75) is 32.2 Å². The summed E-state index contributed by atoms with van der Waals surface area (Å²) < 4.78 is 0. The van der Waals surface area contributed by atoms with Gasteiger partial charge in [0.2, 0.25) is 0 Å². The summed E-state index contributed by atoms with van der Waals surface area (Å²) in [5.41, 5.74) is 1.32. The number of piperidine rings is 1. The van der Waals surface area contributed by atoms with Crippen molar-refractivity contribution in [1.29, 1.82) is 0 Å². The lowest BCUT2D eigenvalue weighted by Crippen LogP contribution is -2.42. The number of carbonyl (C=O) groups excluding carboxylic acids is 1. The second kappa shape index (κ2) is 10.3. The summed E-state index contributed by atoms with van der Waals surface area (Å²) in [4.78, 5) is 15.9. The van der Waals surface area contributed by atoms with Gasteiger partial charge in [-0.25, -0.2) is 4.79 Å². The summed E-state index contributed by atoms with van der Waals surface area (Å²) in [6.45, 7) is 4.84. The van der Waals surface area contributed by atoms with Crippen LogP contribution in [0.1, 0.15) is 29.7 Å². The average Bonchev–Trinajstić information content (AvgIpc) is 3.19. The maximum absolute atomic E-state index is 11.9. The summed E-state index contributed by atoms with van der Waals surface area (Å²) in [7, 11) is 0. The molecule has 140 valence electrons. The maximum Gasteiger partial charge on any atom is 0.314 e. The number of hydrogen-bond donors (Lipinski definition) is 2. The Bertz CT molecular complexity index is 637. The van der Waals surface area contributed by atoms with E-state index in [4.69, 9.17) is 0 Å². The maximum atomic E-state index is 11.9. The predicted molar refractivity (Wildman–Crippen MR) is 108 cm³/mol. The van der Waals surface area contributed by atoms with E-state index in [2.05, 4.69) is 57.3 Å². The number of thiophene rings is 1. The summed E-state index contributed by atoms with van der Waals surface area (Å²) in [6.07, 6.45) is 4.31. The largest absolute Gasteiger partial charge is 0.338 e. The molecule has 26 heavy (non-hydrogen) atoms. The first-order chi connectivity index (χ1) is 12.8. The van der Waals surface area contributed by atoms with Crippen LogP contribution in [-0.4, -0.2) is 37.1 Å². The van der Waals surface area contributed by atoms with Crippen molar-refractivity contribution in [3.8, 4) is 0 Å². The van der Waals surface area contributed by atoms with E-state index in [-0.39, 0.29) is 6.03 Å². The molecule has 0 bridgehead atoms. The highest BCUT2D eigenvalue weighted by Gasteiger charge is 2.19. The van der Waals surface area contributed by atoms with E-state index in [0.29, 0.717) is 5.92 Å². The Labute approximate surface area is 160 Å². The smallest absolute Gasteiger partial charge is 0.314 e. The number of amides is 2. The molecule has 2 N–H and O–H groups in total. The van der Waals surface area contributed by atoms with Crippen molar-refractivity contribution in [2.75, 3.05) is 26.2 Å². The standard InChI is InChI=1S/C21H29N3OS/c25-21(22-12-4-8-18-6-2-1-3-7-18)23-16-19-10-13-24(14-11-19)17-20-9-5-15-26-20/h1-3,5-7,9,15,19H,4,8,10-14,16-17H2,(H2,22,23,25). The van der Waals surface area contributed by atoms with E-state index in [0.717, 1.165) is 45.6 Å². The van der Waals surface area contributed by atoms with Gasteiger partial charge in [-0.3, -0.25) is 4.90 Å². The molecule has 1 aliphatic heterocycles. The van der Waals surface area contributed by atoms with E-state index in [9.17, 15) is 4.79 Å². The van der Waals surface area contributed by atoms with Gasteiger partial charge in [-0.05, 0) is 61.7 Å². The summed E-state index contributed by atoms with van der Waals surface area (Å²) >= 11 is 1.83. The molecule has 0 aliphatic carbocycles. The van der Waals surface area contributed by atoms with Crippen molar-refractivity contribution < 1.29 is 4.79 Å². The van der Waals surface area contributed by atoms with Crippen LogP contribution in [0.2, 0.25) is 0 Å². The number of hydrogen-bond acceptors (Lipinski definition) is 3. The number of urea groups is 1. The lowest BCUT2D eigenvalue weighted by Gasteiger charge is -2.31. The first kappa shape index (κ1) is 18.9. The highest BCUT2D eigenvalue weighted by molar-refractivity contribution is 7.09. The highest BCUT2D eigenvalue weighted by Crippen LogP contribution is 2.20. The number of benzene rings is 1. The SMILES string of the molecule is O=C(NCCCc1ccccc1)NCC1CCN(Cc2cccs2)CC1. The van der Waals surface area contributed by atoms with Gasteiger partial charge in [0.1, 0.15) is 0 Å². The van der Waals surface area contributed by atoms with Gasteiger partial charge >= 0.3 is 6.03 Å². The van der Waals surface area contributed by atoms with Gasteiger partial charge in [0, 0.05) is 24.5 Å². The zero-order chi connectivity index (χ0) is 18.0. The summed E-state index contributed by atoms with van der Waals surface area (Å²) in [5.74, 6) is 0.602. The second-order valence-electron chi connectivity index (χ2n) is 7.02. The minimum Gasteiger partial charge on any atom is -0.338 e. The van der Waals surface area contributed by atoms with Crippen molar-refractivity contribution in [1.82, 2.24) is 15.5 Å². The van der Waals surface area contributed by atoms with Gasteiger partial charge in [0.15, 0.2) is 0 Å². The Morgan fingerprint density at radius 2 is 1.88 bits per heavy atom. The quantitative estimate of drug-likeness (QED) is 0.692. The molecular formula is C21H29N3OS. The lowest BCUT2D eigenvalue weighted by atomic mass is 9.97. The van der Waals surface area contributed by atoms with Gasteiger partial charge in [-0.15, -0.1) is 11.3 Å². The molecule has 1 aromatic heterocycles. The fourth-order valence-corrected chi connectivity index (χ4v) is 4.16. The first-order valence-corrected chi connectivity index (χ1v) is 10.5. The Kier molecular flexibility index (Phi) is 7.52. The Balaban J connectivity index is 1.23. The van der Waals surface area contributed by atoms with E-state index in [1.807, 2.05) is 17.4 Å². The second-order valence-corrected chi connectivity index (χ2v) is 8.06. The Hall–Kier alpha value is -1.85. The molecule has 5 heteroatoms. The molecule has 0 unspecified atom stereocenters. The summed E-state index contributed by atoms with van der Waals surface area (Å²) in [5, 5.41) is 8.16. The molecule has 4 nitrogen and oxygen atoms in total. The first-order valence-electron chi connectivity index (χ1n) is 9.60. The van der Waals surface area contributed by atoms with Crippen molar-refractivity contribution in [3.63, 3.8) is 0 Å². The van der Waals surface area contributed by atoms with Crippen LogP contribution >= 0.6 is 11.3 Å². The van der Waals surface area contributed by atoms with Crippen molar-refractivity contribution in [3.05, 3.63) is 58.3 Å². The zero-order valence-electron chi connectivity index (χ0n) is 15.3. The molecule has 2 amide bonds. The number of nitrogens with one attached hydrogen (secondary N) is 2. The number of aryl methyl sites for hydroxylation is 1.